The fourth-order valence-corrected chi connectivity index (χ4v) is 1.86. The van der Waals surface area contributed by atoms with Gasteiger partial charge in [0.2, 0.25) is 13.2 Å². The summed E-state index contributed by atoms with van der Waals surface area (Å²) in [5.74, 6) is 0.528. The van der Waals surface area contributed by atoms with E-state index in [1.165, 1.54) is 0 Å². The van der Waals surface area contributed by atoms with Gasteiger partial charge in [-0.3, -0.25) is 4.79 Å². The molecular weight excluding hydrogens is 292 g/mol. The molecule has 1 N–H and O–H groups in total. The van der Waals surface area contributed by atoms with E-state index >= 15 is 0 Å². The Morgan fingerprint density at radius 2 is 1.74 bits per heavy atom. The van der Waals surface area contributed by atoms with Gasteiger partial charge >= 0.3 is 0 Å². The number of amides is 1. The lowest BCUT2D eigenvalue weighted by molar-refractivity contribution is -0.123. The Kier molecular flexibility index (Phi) is 15.5. The zero-order valence-electron chi connectivity index (χ0n) is 14.9. The molecule has 0 saturated heterocycles. The quantitative estimate of drug-likeness (QED) is 0.348. The average molecular weight is 323 g/mol. The van der Waals surface area contributed by atoms with E-state index in [0.29, 0.717) is 38.6 Å². The monoisotopic (exact) mass is 323 g/mol. The molecule has 0 aliphatic carbocycles. The van der Waals surface area contributed by atoms with Crippen LogP contribution in [0.5, 0.6) is 0 Å². The normalized spacial score (nSPS) is 10.6. The Balaban J connectivity index is 3.23. The van der Waals surface area contributed by atoms with Gasteiger partial charge in [-0.15, -0.1) is 0 Å². The lowest BCUT2D eigenvalue weighted by atomic mass is 9.64. The van der Waals surface area contributed by atoms with Crippen LogP contribution in [0.25, 0.3) is 0 Å². The number of ether oxygens (including phenoxy) is 2. The van der Waals surface area contributed by atoms with Crippen molar-refractivity contribution in [2.45, 2.75) is 58.5 Å². The van der Waals surface area contributed by atoms with Crippen molar-refractivity contribution >= 4 is 26.1 Å². The number of nitrogens with one attached hydrogen (secondary N) is 1. The summed E-state index contributed by atoms with van der Waals surface area (Å²) in [6.45, 7) is 9.33. The van der Waals surface area contributed by atoms with Crippen LogP contribution in [-0.4, -0.2) is 59.1 Å². The molecule has 0 unspecified atom stereocenters. The van der Waals surface area contributed by atoms with E-state index in [1.54, 1.807) is 7.28 Å². The van der Waals surface area contributed by atoms with Crippen molar-refractivity contribution in [3.8, 4) is 0 Å². The van der Waals surface area contributed by atoms with Crippen molar-refractivity contribution in [2.75, 3.05) is 33.0 Å². The average Bonchev–Trinajstić information content (AvgIpc) is 2.50. The summed E-state index contributed by atoms with van der Waals surface area (Å²) in [4.78, 5) is 22.7. The standard InChI is InChI=1S/C16H31B2NO4/c1-4-17-15(20)6-7-16(21)19-9-5-10-22-12-13-23-11-8-18-14(2)3/h14H,4-13H2,1-3H3,(H,19,21). The van der Waals surface area contributed by atoms with Crippen molar-refractivity contribution < 1.29 is 19.1 Å². The van der Waals surface area contributed by atoms with Crippen molar-refractivity contribution in [2.24, 2.45) is 0 Å². The van der Waals surface area contributed by atoms with Crippen molar-refractivity contribution in [1.29, 1.82) is 0 Å². The Labute approximate surface area is 142 Å². The Morgan fingerprint density at radius 3 is 2.39 bits per heavy atom. The van der Waals surface area contributed by atoms with Crippen molar-refractivity contribution in [1.82, 2.24) is 5.32 Å². The van der Waals surface area contributed by atoms with Crippen LogP contribution in [0.3, 0.4) is 0 Å². The van der Waals surface area contributed by atoms with E-state index < -0.39 is 0 Å². The summed E-state index contributed by atoms with van der Waals surface area (Å²) in [5, 5.41) is 2.79. The summed E-state index contributed by atoms with van der Waals surface area (Å²) in [7, 11) is 3.85. The van der Waals surface area contributed by atoms with Gasteiger partial charge in [-0.05, 0) is 6.42 Å². The molecule has 0 aliphatic heterocycles. The van der Waals surface area contributed by atoms with Gasteiger partial charge < -0.3 is 19.6 Å². The summed E-state index contributed by atoms with van der Waals surface area (Å²) in [6.07, 6.45) is 3.01. The summed E-state index contributed by atoms with van der Waals surface area (Å²) in [5.41, 5.74) is 0.0389. The topological polar surface area (TPSA) is 64.6 Å². The van der Waals surface area contributed by atoms with E-state index in [2.05, 4.69) is 26.4 Å². The molecule has 0 heterocycles. The minimum atomic E-state index is -0.0763. The first kappa shape index (κ1) is 22.2. The lowest BCUT2D eigenvalue weighted by Gasteiger charge is -2.07. The number of carbonyl (C=O) groups excluding carboxylic acids is 2. The van der Waals surface area contributed by atoms with Gasteiger partial charge in [0.1, 0.15) is 7.28 Å². The van der Waals surface area contributed by atoms with Gasteiger partial charge in [0, 0.05) is 32.6 Å². The molecule has 0 fully saturated rings. The number of carbonyl (C=O) groups is 2. The highest BCUT2D eigenvalue weighted by Crippen LogP contribution is 1.99. The molecule has 0 aromatic heterocycles. The SMILES string of the molecule is CC[B]C(=O)CCC(=O)NCCCOCCOCC[B]C(C)C. The maximum atomic E-state index is 11.5. The van der Waals surface area contributed by atoms with Crippen LogP contribution in [0.4, 0.5) is 0 Å². The second kappa shape index (κ2) is 16.1. The Bertz CT molecular complexity index is 314. The second-order valence-electron chi connectivity index (χ2n) is 5.78. The Hall–Kier alpha value is -0.810. The smallest absolute Gasteiger partial charge is 0.220 e. The van der Waals surface area contributed by atoms with Gasteiger partial charge in [-0.25, -0.2) is 0 Å². The van der Waals surface area contributed by atoms with E-state index in [1.807, 2.05) is 6.92 Å². The second-order valence-corrected chi connectivity index (χ2v) is 5.78. The predicted octanol–water partition coefficient (Wildman–Crippen LogP) is 1.93. The number of rotatable bonds is 16. The fourth-order valence-electron chi connectivity index (χ4n) is 1.86. The first-order chi connectivity index (χ1) is 11.1. The summed E-state index contributed by atoms with van der Waals surface area (Å²) in [6, 6.07) is 0. The zero-order valence-corrected chi connectivity index (χ0v) is 14.9. The third kappa shape index (κ3) is 17.4. The van der Waals surface area contributed by atoms with E-state index in [-0.39, 0.29) is 18.0 Å². The molecule has 7 heteroatoms. The van der Waals surface area contributed by atoms with Gasteiger partial charge in [0.25, 0.3) is 0 Å². The van der Waals surface area contributed by atoms with Crippen LogP contribution in [0, 0.1) is 0 Å². The van der Waals surface area contributed by atoms with Crippen molar-refractivity contribution in [3.05, 3.63) is 0 Å². The van der Waals surface area contributed by atoms with Crippen LogP contribution in [-0.2, 0) is 19.1 Å². The number of hydrogen-bond acceptors (Lipinski definition) is 4. The molecule has 23 heavy (non-hydrogen) atoms. The highest BCUT2D eigenvalue weighted by Gasteiger charge is 2.06. The minimum absolute atomic E-state index is 0.0389. The molecule has 0 atom stereocenters. The molecule has 130 valence electrons. The highest BCUT2D eigenvalue weighted by molar-refractivity contribution is 6.73. The fraction of sp³-hybridized carbons (Fsp3) is 0.875. The first-order valence-corrected chi connectivity index (χ1v) is 8.67. The molecule has 1 amide bonds. The molecule has 0 aromatic rings. The predicted molar refractivity (Wildman–Crippen MR) is 95.4 cm³/mol. The van der Waals surface area contributed by atoms with Crippen molar-refractivity contribution in [3.63, 3.8) is 0 Å². The largest absolute Gasteiger partial charge is 0.380 e. The third-order valence-corrected chi connectivity index (χ3v) is 3.09. The van der Waals surface area contributed by atoms with Gasteiger partial charge in [-0.1, -0.05) is 39.2 Å². The molecule has 0 bridgehead atoms. The highest BCUT2D eigenvalue weighted by atomic mass is 16.5. The zero-order chi connectivity index (χ0) is 17.3. The maximum Gasteiger partial charge on any atom is 0.220 e. The number of hydrogen-bond donors (Lipinski definition) is 1. The molecule has 0 aliphatic rings. The van der Waals surface area contributed by atoms with Gasteiger partial charge in [0.15, 0.2) is 0 Å². The molecule has 2 radical (unpaired) electrons. The third-order valence-electron chi connectivity index (χ3n) is 3.09. The summed E-state index contributed by atoms with van der Waals surface area (Å²) >= 11 is 0. The summed E-state index contributed by atoms with van der Waals surface area (Å²) < 4.78 is 10.9. The molecule has 0 rings (SSSR count). The lowest BCUT2D eigenvalue weighted by Crippen LogP contribution is -2.26. The van der Waals surface area contributed by atoms with E-state index in [4.69, 9.17) is 9.47 Å². The molecule has 5 nitrogen and oxygen atoms in total. The molecular formula is C16H31B2NO4. The van der Waals surface area contributed by atoms with E-state index in [9.17, 15) is 9.59 Å². The van der Waals surface area contributed by atoms with Crippen LogP contribution in [0.15, 0.2) is 0 Å². The molecule has 0 aromatic carbocycles. The van der Waals surface area contributed by atoms with E-state index in [0.717, 1.165) is 25.7 Å². The Morgan fingerprint density at radius 1 is 1.04 bits per heavy atom. The van der Waals surface area contributed by atoms with Gasteiger partial charge in [0.05, 0.1) is 18.9 Å². The van der Waals surface area contributed by atoms with Crippen LogP contribution >= 0.6 is 0 Å². The van der Waals surface area contributed by atoms with Crippen LogP contribution in [0.2, 0.25) is 18.5 Å². The molecule has 0 saturated carbocycles. The van der Waals surface area contributed by atoms with Crippen LogP contribution < -0.4 is 5.32 Å². The molecule has 0 spiro atoms. The maximum absolute atomic E-state index is 11.5. The van der Waals surface area contributed by atoms with Crippen LogP contribution in [0.1, 0.15) is 40.0 Å². The minimum Gasteiger partial charge on any atom is -0.380 e. The first-order valence-electron chi connectivity index (χ1n) is 8.67. The van der Waals surface area contributed by atoms with Gasteiger partial charge in [-0.2, -0.15) is 0 Å².